The molecule has 0 aliphatic carbocycles. The monoisotopic (exact) mass is 295 g/mol. The number of hydrogen-bond acceptors (Lipinski definition) is 4. The van der Waals surface area contributed by atoms with E-state index in [1.807, 2.05) is 13.8 Å². The fourth-order valence-electron chi connectivity index (χ4n) is 1.88. The molecule has 0 amide bonds. The zero-order chi connectivity index (χ0) is 14.7. The number of nitrogens with zero attached hydrogens (tertiary/aromatic N) is 2. The first-order chi connectivity index (χ1) is 9.52. The summed E-state index contributed by atoms with van der Waals surface area (Å²) in [5.41, 5.74) is 1.42. The largest absolute Gasteiger partial charge is 0.494 e. The molecule has 0 spiro atoms. The van der Waals surface area contributed by atoms with E-state index in [0.717, 1.165) is 5.56 Å². The highest BCUT2D eigenvalue weighted by Crippen LogP contribution is 2.33. The topological polar surface area (TPSA) is 47.0 Å². The van der Waals surface area contributed by atoms with Crippen LogP contribution in [0.15, 0.2) is 24.5 Å². The summed E-state index contributed by atoms with van der Waals surface area (Å²) in [6.45, 7) is 4.00. The number of hydrogen-bond donors (Lipinski definition) is 1. The molecule has 1 heterocycles. The van der Waals surface area contributed by atoms with Crippen LogP contribution >= 0.6 is 11.6 Å². The predicted molar refractivity (Wildman–Crippen MR) is 77.4 cm³/mol. The molecule has 1 aromatic heterocycles. The highest BCUT2D eigenvalue weighted by Gasteiger charge is 2.15. The van der Waals surface area contributed by atoms with Gasteiger partial charge in [-0.25, -0.2) is 14.4 Å². The first kappa shape index (κ1) is 14.5. The lowest BCUT2D eigenvalue weighted by Gasteiger charge is -2.16. The van der Waals surface area contributed by atoms with Gasteiger partial charge in [-0.3, -0.25) is 0 Å². The van der Waals surface area contributed by atoms with Gasteiger partial charge < -0.3 is 10.1 Å². The van der Waals surface area contributed by atoms with E-state index in [0.29, 0.717) is 22.4 Å². The first-order valence-electron chi connectivity index (χ1n) is 6.14. The van der Waals surface area contributed by atoms with Crippen molar-refractivity contribution in [3.8, 4) is 5.75 Å². The summed E-state index contributed by atoms with van der Waals surface area (Å²) >= 11 is 6.11. The second-order valence-electron chi connectivity index (χ2n) is 4.55. The third-order valence-corrected chi connectivity index (χ3v) is 3.13. The average Bonchev–Trinajstić information content (AvgIpc) is 2.40. The Balaban J connectivity index is 2.43. The molecule has 106 valence electrons. The van der Waals surface area contributed by atoms with Crippen molar-refractivity contribution in [3.63, 3.8) is 0 Å². The number of ether oxygens (including phenoxy) is 1. The Morgan fingerprint density at radius 2 is 2.05 bits per heavy atom. The summed E-state index contributed by atoms with van der Waals surface area (Å²) in [5, 5.41) is 3.52. The summed E-state index contributed by atoms with van der Waals surface area (Å²) in [5.74, 6) is 0.772. The zero-order valence-corrected chi connectivity index (χ0v) is 12.2. The van der Waals surface area contributed by atoms with Gasteiger partial charge in [0.1, 0.15) is 28.9 Å². The van der Waals surface area contributed by atoms with Crippen LogP contribution in [-0.2, 0) is 0 Å². The van der Waals surface area contributed by atoms with Crippen molar-refractivity contribution >= 4 is 23.1 Å². The van der Waals surface area contributed by atoms with Crippen LogP contribution < -0.4 is 10.1 Å². The third-order valence-electron chi connectivity index (χ3n) is 2.83. The highest BCUT2D eigenvalue weighted by molar-refractivity contribution is 6.30. The number of aromatic nitrogens is 2. The van der Waals surface area contributed by atoms with E-state index in [2.05, 4.69) is 15.3 Å². The van der Waals surface area contributed by atoms with Crippen molar-refractivity contribution < 1.29 is 9.13 Å². The SMILES string of the molecule is COc1cc(F)ccc1Nc1ncnc(Cl)c1C(C)C. The molecule has 1 N–H and O–H groups in total. The van der Waals surface area contributed by atoms with Gasteiger partial charge in [-0.1, -0.05) is 25.4 Å². The minimum absolute atomic E-state index is 0.151. The molecule has 0 aliphatic rings. The molecule has 2 aromatic rings. The normalized spacial score (nSPS) is 10.7. The Morgan fingerprint density at radius 3 is 2.70 bits per heavy atom. The van der Waals surface area contributed by atoms with Gasteiger partial charge in [0.15, 0.2) is 0 Å². The molecule has 0 fully saturated rings. The maximum Gasteiger partial charge on any atom is 0.145 e. The van der Waals surface area contributed by atoms with E-state index in [9.17, 15) is 4.39 Å². The molecule has 4 nitrogen and oxygen atoms in total. The molecular weight excluding hydrogens is 281 g/mol. The number of benzene rings is 1. The van der Waals surface area contributed by atoms with Crippen molar-refractivity contribution in [1.82, 2.24) is 9.97 Å². The van der Waals surface area contributed by atoms with Gasteiger partial charge >= 0.3 is 0 Å². The number of halogens is 2. The van der Waals surface area contributed by atoms with Gasteiger partial charge in [-0.2, -0.15) is 0 Å². The predicted octanol–water partition coefficient (Wildman–Crippen LogP) is 4.14. The second kappa shape index (κ2) is 6.05. The Labute approximate surface area is 122 Å². The lowest BCUT2D eigenvalue weighted by molar-refractivity contribution is 0.413. The minimum Gasteiger partial charge on any atom is -0.494 e. The van der Waals surface area contributed by atoms with E-state index in [1.165, 1.54) is 25.6 Å². The van der Waals surface area contributed by atoms with Gasteiger partial charge in [0.05, 0.1) is 12.8 Å². The van der Waals surface area contributed by atoms with Gasteiger partial charge in [0.25, 0.3) is 0 Å². The number of methoxy groups -OCH3 is 1. The first-order valence-corrected chi connectivity index (χ1v) is 6.51. The van der Waals surface area contributed by atoms with Crippen LogP contribution in [0.2, 0.25) is 5.15 Å². The van der Waals surface area contributed by atoms with Crippen LogP contribution in [0.3, 0.4) is 0 Å². The van der Waals surface area contributed by atoms with E-state index >= 15 is 0 Å². The third kappa shape index (κ3) is 2.99. The highest BCUT2D eigenvalue weighted by atomic mass is 35.5. The summed E-state index contributed by atoms with van der Waals surface area (Å²) in [7, 11) is 1.48. The zero-order valence-electron chi connectivity index (χ0n) is 11.4. The summed E-state index contributed by atoms with van der Waals surface area (Å²) in [6.07, 6.45) is 1.38. The molecular formula is C14H15ClFN3O. The summed E-state index contributed by atoms with van der Waals surface area (Å²) in [4.78, 5) is 8.18. The smallest absolute Gasteiger partial charge is 0.145 e. The number of nitrogens with one attached hydrogen (secondary N) is 1. The van der Waals surface area contributed by atoms with Crippen molar-refractivity contribution in [1.29, 1.82) is 0 Å². The average molecular weight is 296 g/mol. The Hall–Kier alpha value is -1.88. The van der Waals surface area contributed by atoms with Crippen LogP contribution in [0.25, 0.3) is 0 Å². The molecule has 0 bridgehead atoms. The molecule has 1 aromatic carbocycles. The quantitative estimate of drug-likeness (QED) is 0.861. The summed E-state index contributed by atoms with van der Waals surface area (Å²) in [6, 6.07) is 4.25. The van der Waals surface area contributed by atoms with Crippen LogP contribution in [0, 0.1) is 5.82 Å². The van der Waals surface area contributed by atoms with Gasteiger partial charge in [-0.05, 0) is 18.1 Å². The maximum atomic E-state index is 13.2. The maximum absolute atomic E-state index is 13.2. The molecule has 0 saturated carbocycles. The standard InChI is InChI=1S/C14H15ClFN3O/c1-8(2)12-13(15)17-7-18-14(12)19-10-5-4-9(16)6-11(10)20-3/h4-8H,1-3H3,(H,17,18,19). The number of anilines is 2. The molecule has 0 unspecified atom stereocenters. The molecule has 20 heavy (non-hydrogen) atoms. The number of rotatable bonds is 4. The lowest BCUT2D eigenvalue weighted by Crippen LogP contribution is -2.04. The van der Waals surface area contributed by atoms with Crippen molar-refractivity contribution in [3.05, 3.63) is 41.1 Å². The van der Waals surface area contributed by atoms with E-state index in [4.69, 9.17) is 16.3 Å². The summed E-state index contributed by atoms with van der Waals surface area (Å²) < 4.78 is 18.3. The molecule has 0 atom stereocenters. The molecule has 0 saturated heterocycles. The van der Waals surface area contributed by atoms with Crippen molar-refractivity contribution in [2.45, 2.75) is 19.8 Å². The Morgan fingerprint density at radius 1 is 1.30 bits per heavy atom. The van der Waals surface area contributed by atoms with E-state index in [1.54, 1.807) is 6.07 Å². The van der Waals surface area contributed by atoms with Crippen molar-refractivity contribution in [2.24, 2.45) is 0 Å². The fourth-order valence-corrected chi connectivity index (χ4v) is 2.23. The Kier molecular flexibility index (Phi) is 4.39. The van der Waals surface area contributed by atoms with Crippen molar-refractivity contribution in [2.75, 3.05) is 12.4 Å². The molecule has 0 aliphatic heterocycles. The van der Waals surface area contributed by atoms with Crippen LogP contribution in [0.1, 0.15) is 25.3 Å². The second-order valence-corrected chi connectivity index (χ2v) is 4.91. The van der Waals surface area contributed by atoms with Crippen LogP contribution in [-0.4, -0.2) is 17.1 Å². The van der Waals surface area contributed by atoms with E-state index < -0.39 is 0 Å². The molecule has 2 rings (SSSR count). The van der Waals surface area contributed by atoms with Crippen LogP contribution in [0.4, 0.5) is 15.9 Å². The Bertz CT molecular complexity index is 619. The van der Waals surface area contributed by atoms with Crippen LogP contribution in [0.5, 0.6) is 5.75 Å². The van der Waals surface area contributed by atoms with Gasteiger partial charge in [0, 0.05) is 11.6 Å². The molecule has 0 radical (unpaired) electrons. The molecule has 6 heteroatoms. The fraction of sp³-hybridized carbons (Fsp3) is 0.286. The van der Waals surface area contributed by atoms with Gasteiger partial charge in [0.2, 0.25) is 0 Å². The van der Waals surface area contributed by atoms with E-state index in [-0.39, 0.29) is 11.7 Å². The lowest BCUT2D eigenvalue weighted by atomic mass is 10.1. The minimum atomic E-state index is -0.364. The van der Waals surface area contributed by atoms with Gasteiger partial charge in [-0.15, -0.1) is 0 Å².